The second-order valence-electron chi connectivity index (χ2n) is 6.13. The summed E-state index contributed by atoms with van der Waals surface area (Å²) in [6.45, 7) is 4.33. The molecule has 4 N–H and O–H groups in total. The smallest absolute Gasteiger partial charge is 0.289 e. The van der Waals surface area contributed by atoms with E-state index in [1.807, 2.05) is 19.9 Å². The van der Waals surface area contributed by atoms with Gasteiger partial charge in [0.05, 0.1) is 6.04 Å². The van der Waals surface area contributed by atoms with Crippen LogP contribution in [0.3, 0.4) is 0 Å². The molecule has 1 saturated heterocycles. The fourth-order valence-electron chi connectivity index (χ4n) is 2.41. The van der Waals surface area contributed by atoms with Crippen molar-refractivity contribution in [2.75, 3.05) is 6.54 Å². The van der Waals surface area contributed by atoms with E-state index in [0.29, 0.717) is 13.0 Å². The first-order valence-corrected chi connectivity index (χ1v) is 8.46. The molecule has 1 aliphatic heterocycles. The number of aromatic nitrogens is 1. The predicted molar refractivity (Wildman–Crippen MR) is 94.5 cm³/mol. The van der Waals surface area contributed by atoms with Gasteiger partial charge in [-0.2, -0.15) is 0 Å². The second-order valence-corrected chi connectivity index (χ2v) is 6.50. The number of carbonyl (C=O) groups excluding carboxylic acids is 3. The third kappa shape index (κ3) is 5.28. The molecule has 8 nitrogen and oxygen atoms in total. The lowest BCUT2D eigenvalue weighted by Gasteiger charge is -2.27. The SMILES string of the molecule is CC(C)C(NC(=S)OCc1cc[nH]c1)C(=O)NC1CCNC(=O)C1=O. The molecule has 25 heavy (non-hydrogen) atoms. The number of aromatic amines is 1. The zero-order valence-electron chi connectivity index (χ0n) is 14.1. The molecule has 0 radical (unpaired) electrons. The van der Waals surface area contributed by atoms with Crippen molar-refractivity contribution in [3.05, 3.63) is 24.0 Å². The Kier molecular flexibility index (Phi) is 6.51. The lowest BCUT2D eigenvalue weighted by molar-refractivity contribution is -0.142. The van der Waals surface area contributed by atoms with Crippen LogP contribution in [0.25, 0.3) is 0 Å². The van der Waals surface area contributed by atoms with E-state index in [0.717, 1.165) is 5.56 Å². The molecule has 0 aromatic carbocycles. The molecule has 9 heteroatoms. The highest BCUT2D eigenvalue weighted by atomic mass is 32.1. The van der Waals surface area contributed by atoms with Gasteiger partial charge in [0, 0.05) is 24.5 Å². The Balaban J connectivity index is 1.90. The molecule has 1 fully saturated rings. The van der Waals surface area contributed by atoms with Crippen molar-refractivity contribution in [1.29, 1.82) is 0 Å². The first-order chi connectivity index (χ1) is 11.9. The highest BCUT2D eigenvalue weighted by Crippen LogP contribution is 2.07. The minimum Gasteiger partial charge on any atom is -0.466 e. The van der Waals surface area contributed by atoms with Crippen molar-refractivity contribution in [2.24, 2.45) is 5.92 Å². The highest BCUT2D eigenvalue weighted by molar-refractivity contribution is 7.80. The summed E-state index contributed by atoms with van der Waals surface area (Å²) >= 11 is 5.13. The van der Waals surface area contributed by atoms with Crippen LogP contribution >= 0.6 is 12.2 Å². The molecule has 2 rings (SSSR count). The number of hydrogen-bond donors (Lipinski definition) is 4. The second kappa shape index (κ2) is 8.61. The van der Waals surface area contributed by atoms with Gasteiger partial charge in [-0.05, 0) is 30.6 Å². The number of ketones is 1. The van der Waals surface area contributed by atoms with Gasteiger partial charge in [-0.1, -0.05) is 13.8 Å². The van der Waals surface area contributed by atoms with Gasteiger partial charge in [-0.25, -0.2) is 0 Å². The topological polar surface area (TPSA) is 112 Å². The fourth-order valence-corrected chi connectivity index (χ4v) is 2.59. The minimum absolute atomic E-state index is 0.0960. The average molecular weight is 366 g/mol. The van der Waals surface area contributed by atoms with E-state index in [-0.39, 0.29) is 17.7 Å². The van der Waals surface area contributed by atoms with Crippen LogP contribution in [0.5, 0.6) is 0 Å². The Morgan fingerprint density at radius 3 is 2.84 bits per heavy atom. The summed E-state index contributed by atoms with van der Waals surface area (Å²) in [6.07, 6.45) is 3.93. The number of thiocarbonyl (C=S) groups is 1. The summed E-state index contributed by atoms with van der Waals surface area (Å²) in [4.78, 5) is 38.6. The van der Waals surface area contributed by atoms with Gasteiger partial charge in [0.25, 0.3) is 11.1 Å². The molecule has 2 unspecified atom stereocenters. The van der Waals surface area contributed by atoms with Crippen LogP contribution in [0.2, 0.25) is 0 Å². The molecule has 1 aliphatic rings. The molecule has 2 atom stereocenters. The first kappa shape index (κ1) is 18.9. The number of amides is 2. The molecule has 0 saturated carbocycles. The van der Waals surface area contributed by atoms with Crippen molar-refractivity contribution in [1.82, 2.24) is 20.9 Å². The van der Waals surface area contributed by atoms with E-state index in [9.17, 15) is 14.4 Å². The van der Waals surface area contributed by atoms with Gasteiger partial charge in [0.1, 0.15) is 12.6 Å². The van der Waals surface area contributed by atoms with Gasteiger partial charge in [-0.3, -0.25) is 14.4 Å². The van der Waals surface area contributed by atoms with Crippen LogP contribution in [0.15, 0.2) is 18.5 Å². The number of Topliss-reactive ketones (excluding diaryl/α,β-unsaturated/α-hetero) is 1. The number of carbonyl (C=O) groups is 3. The van der Waals surface area contributed by atoms with Gasteiger partial charge in [0.15, 0.2) is 0 Å². The quantitative estimate of drug-likeness (QED) is 0.417. The van der Waals surface area contributed by atoms with E-state index in [2.05, 4.69) is 20.9 Å². The Morgan fingerprint density at radius 1 is 1.44 bits per heavy atom. The molecule has 0 spiro atoms. The first-order valence-electron chi connectivity index (χ1n) is 8.06. The van der Waals surface area contributed by atoms with Gasteiger partial charge in [-0.15, -0.1) is 0 Å². The summed E-state index contributed by atoms with van der Waals surface area (Å²) in [5, 5.41) is 8.04. The van der Waals surface area contributed by atoms with Crippen molar-refractivity contribution < 1.29 is 19.1 Å². The third-order valence-corrected chi connectivity index (χ3v) is 4.07. The Bertz CT molecular complexity index is 645. The van der Waals surface area contributed by atoms with Crippen molar-refractivity contribution in [3.8, 4) is 0 Å². The fraction of sp³-hybridized carbons (Fsp3) is 0.500. The number of H-pyrrole nitrogens is 1. The zero-order valence-corrected chi connectivity index (χ0v) is 14.9. The van der Waals surface area contributed by atoms with Crippen molar-refractivity contribution >= 4 is 35.0 Å². The Labute approximate surface area is 151 Å². The number of nitrogens with one attached hydrogen (secondary N) is 4. The van der Waals surface area contributed by atoms with E-state index in [1.54, 1.807) is 12.4 Å². The van der Waals surface area contributed by atoms with Crippen molar-refractivity contribution in [2.45, 2.75) is 39.0 Å². The minimum atomic E-state index is -0.807. The van der Waals surface area contributed by atoms with Crippen LogP contribution < -0.4 is 16.0 Å². The Hall–Kier alpha value is -2.42. The maximum atomic E-state index is 12.5. The molecule has 2 heterocycles. The van der Waals surface area contributed by atoms with Crippen LogP contribution in [-0.2, 0) is 25.7 Å². The monoisotopic (exact) mass is 366 g/mol. The highest BCUT2D eigenvalue weighted by Gasteiger charge is 2.33. The third-order valence-electron chi connectivity index (χ3n) is 3.83. The largest absolute Gasteiger partial charge is 0.466 e. The standard InChI is InChI=1S/C16H22N4O4S/c1-9(2)12(20-16(25)24-8-10-3-5-17-7-10)14(22)19-11-4-6-18-15(23)13(11)21/h3,5,7,9,11-12,17H,4,6,8H2,1-2H3,(H,18,23)(H,19,22)(H,20,25). The van der Waals surface area contributed by atoms with Crippen molar-refractivity contribution in [3.63, 3.8) is 0 Å². The summed E-state index contributed by atoms with van der Waals surface area (Å²) in [5.41, 5.74) is 0.925. The van der Waals surface area contributed by atoms with E-state index < -0.39 is 29.7 Å². The predicted octanol–water partition coefficient (Wildman–Crippen LogP) is 0.00420. The maximum absolute atomic E-state index is 12.5. The number of piperidine rings is 1. The van der Waals surface area contributed by atoms with Crippen LogP contribution in [0, 0.1) is 5.92 Å². The normalized spacial score (nSPS) is 18.4. The van der Waals surface area contributed by atoms with Gasteiger partial charge < -0.3 is 25.7 Å². The van der Waals surface area contributed by atoms with Gasteiger partial charge in [0.2, 0.25) is 11.7 Å². The van der Waals surface area contributed by atoms with E-state index >= 15 is 0 Å². The molecular formula is C16H22N4O4S. The molecule has 2 amide bonds. The number of hydrogen-bond acceptors (Lipinski definition) is 5. The molecule has 1 aromatic heterocycles. The van der Waals surface area contributed by atoms with Crippen LogP contribution in [-0.4, -0.2) is 46.4 Å². The van der Waals surface area contributed by atoms with E-state index in [4.69, 9.17) is 17.0 Å². The van der Waals surface area contributed by atoms with Gasteiger partial charge >= 0.3 is 0 Å². The van der Waals surface area contributed by atoms with Crippen LogP contribution in [0.4, 0.5) is 0 Å². The molecule has 0 aliphatic carbocycles. The summed E-state index contributed by atoms with van der Waals surface area (Å²) in [6, 6.07) is 0.379. The Morgan fingerprint density at radius 2 is 2.20 bits per heavy atom. The maximum Gasteiger partial charge on any atom is 0.289 e. The number of ether oxygens (including phenoxy) is 1. The number of rotatable bonds is 6. The summed E-state index contributed by atoms with van der Waals surface area (Å²) in [5.74, 6) is -1.79. The molecule has 1 aromatic rings. The molecular weight excluding hydrogens is 344 g/mol. The summed E-state index contributed by atoms with van der Waals surface area (Å²) in [7, 11) is 0. The zero-order chi connectivity index (χ0) is 18.4. The lowest BCUT2D eigenvalue weighted by Crippen LogP contribution is -2.58. The average Bonchev–Trinajstić information content (AvgIpc) is 3.08. The molecule has 136 valence electrons. The molecule has 0 bridgehead atoms. The van der Waals surface area contributed by atoms with E-state index in [1.165, 1.54) is 0 Å². The lowest BCUT2D eigenvalue weighted by atomic mass is 10.0. The summed E-state index contributed by atoms with van der Waals surface area (Å²) < 4.78 is 5.43. The van der Waals surface area contributed by atoms with Crippen LogP contribution in [0.1, 0.15) is 25.8 Å².